The first-order valence-corrected chi connectivity index (χ1v) is 18.7. The standard InChI is InChI=1S/C30H34ClN9O13S2/c1-30(2,28(47)48)53-38-21(16-12-54-29(32)35-16)26(45)36-22-17(40(27(22)46)55(49,50)51)10-34-25(44)19-9-15(37-52-19)13-5-7-39(11-13)8-6-33-24(43)14-3-4-18(41)23(42)20(14)31/h3-4,9,12-13,17,22,41-42H,5-8,10-11H2,1-2H3,(H2,32,35)(H,33,43)(H,34,44)(H,36,45)(H,47,48)(H,49,50,51)/b38-21-. The van der Waals surface area contributed by atoms with Crippen molar-refractivity contribution in [3.8, 4) is 11.5 Å². The third kappa shape index (κ3) is 9.05. The second-order valence-corrected chi connectivity index (χ2v) is 15.3. The van der Waals surface area contributed by atoms with E-state index in [1.165, 1.54) is 17.5 Å². The van der Waals surface area contributed by atoms with Crippen molar-refractivity contribution in [2.45, 2.75) is 43.9 Å². The number of hydrogen-bond donors (Lipinski definition) is 8. The van der Waals surface area contributed by atoms with Crippen molar-refractivity contribution in [2.75, 3.05) is 38.5 Å². The van der Waals surface area contributed by atoms with Crippen LogP contribution in [0.3, 0.4) is 0 Å². The molecular weight excluding hydrogens is 794 g/mol. The number of carboxylic acids is 1. The molecule has 2 aromatic heterocycles. The number of anilines is 1. The molecule has 4 amide bonds. The van der Waals surface area contributed by atoms with Gasteiger partial charge in [0.05, 0.1) is 22.3 Å². The van der Waals surface area contributed by atoms with Gasteiger partial charge in [0.25, 0.3) is 23.6 Å². The first kappa shape index (κ1) is 40.6. The van der Waals surface area contributed by atoms with E-state index in [0.717, 1.165) is 31.3 Å². The summed E-state index contributed by atoms with van der Waals surface area (Å²) < 4.78 is 39.0. The van der Waals surface area contributed by atoms with Gasteiger partial charge in [-0.05, 0) is 38.9 Å². The molecule has 25 heteroatoms. The Morgan fingerprint density at radius 3 is 2.58 bits per heavy atom. The third-order valence-electron chi connectivity index (χ3n) is 8.53. The molecule has 2 aliphatic heterocycles. The monoisotopic (exact) mass is 827 g/mol. The van der Waals surface area contributed by atoms with Gasteiger partial charge < -0.3 is 51.3 Å². The van der Waals surface area contributed by atoms with Crippen LogP contribution in [-0.4, -0.2) is 133 Å². The minimum atomic E-state index is -5.15. The second kappa shape index (κ2) is 16.0. The van der Waals surface area contributed by atoms with Crippen molar-refractivity contribution in [3.05, 3.63) is 51.3 Å². The highest BCUT2D eigenvalue weighted by Crippen LogP contribution is 2.35. The van der Waals surface area contributed by atoms with E-state index >= 15 is 0 Å². The smallest absolute Gasteiger partial charge is 0.362 e. The molecule has 0 saturated carbocycles. The lowest BCUT2D eigenvalue weighted by molar-refractivity contribution is -0.161. The van der Waals surface area contributed by atoms with Gasteiger partial charge in [0.15, 0.2) is 22.3 Å². The van der Waals surface area contributed by atoms with Crippen LogP contribution >= 0.6 is 22.9 Å². The Morgan fingerprint density at radius 2 is 1.93 bits per heavy atom. The number of oxime groups is 1. The number of phenolic OH excluding ortho intramolecular Hbond substituents is 2. The van der Waals surface area contributed by atoms with Crippen molar-refractivity contribution in [1.29, 1.82) is 0 Å². The van der Waals surface area contributed by atoms with Gasteiger partial charge in [-0.15, -0.1) is 11.3 Å². The molecule has 3 aromatic rings. The average Bonchev–Trinajstić information content (AvgIpc) is 3.89. The fourth-order valence-electron chi connectivity index (χ4n) is 5.47. The van der Waals surface area contributed by atoms with Crippen molar-refractivity contribution in [1.82, 2.24) is 35.3 Å². The normalized spacial score (nSPS) is 19.1. The minimum absolute atomic E-state index is 0.00842. The number of thiazole rings is 1. The summed E-state index contributed by atoms with van der Waals surface area (Å²) in [5.41, 5.74) is 3.43. The predicted molar refractivity (Wildman–Crippen MR) is 190 cm³/mol. The Balaban J connectivity index is 1.18. The molecule has 296 valence electrons. The number of carbonyl (C=O) groups is 5. The van der Waals surface area contributed by atoms with Gasteiger partial charge >= 0.3 is 16.3 Å². The molecule has 3 unspecified atom stereocenters. The van der Waals surface area contributed by atoms with E-state index in [0.29, 0.717) is 31.7 Å². The maximum absolute atomic E-state index is 13.3. The first-order valence-electron chi connectivity index (χ1n) is 16.1. The molecule has 0 spiro atoms. The van der Waals surface area contributed by atoms with Crippen LogP contribution < -0.4 is 21.7 Å². The zero-order valence-electron chi connectivity index (χ0n) is 28.8. The van der Waals surface area contributed by atoms with E-state index in [9.17, 15) is 52.3 Å². The third-order valence-corrected chi connectivity index (χ3v) is 10.5. The molecule has 3 atom stereocenters. The molecular formula is C30H34ClN9O13S2. The van der Waals surface area contributed by atoms with Crippen molar-refractivity contribution in [2.24, 2.45) is 5.16 Å². The average molecular weight is 828 g/mol. The minimum Gasteiger partial charge on any atom is -0.504 e. The summed E-state index contributed by atoms with van der Waals surface area (Å²) in [7, 11) is -5.15. The summed E-state index contributed by atoms with van der Waals surface area (Å²) >= 11 is 6.86. The predicted octanol–water partition coefficient (Wildman–Crippen LogP) is -0.490. The highest BCUT2D eigenvalue weighted by atomic mass is 35.5. The number of benzene rings is 1. The lowest BCUT2D eigenvalue weighted by Crippen LogP contribution is -2.74. The zero-order valence-corrected chi connectivity index (χ0v) is 31.1. The van der Waals surface area contributed by atoms with Crippen LogP contribution in [-0.2, 0) is 29.5 Å². The number of rotatable bonds is 15. The number of nitrogens with one attached hydrogen (secondary N) is 3. The van der Waals surface area contributed by atoms with Gasteiger partial charge in [-0.3, -0.25) is 23.7 Å². The highest BCUT2D eigenvalue weighted by Gasteiger charge is 2.54. The molecule has 1 aromatic carbocycles. The van der Waals surface area contributed by atoms with E-state index in [-0.39, 0.29) is 43.9 Å². The van der Waals surface area contributed by atoms with E-state index in [1.807, 2.05) is 4.90 Å². The fraction of sp³-hybridized carbons (Fsp3) is 0.400. The number of halogens is 1. The molecule has 2 saturated heterocycles. The van der Waals surface area contributed by atoms with Gasteiger partial charge in [-0.1, -0.05) is 21.9 Å². The van der Waals surface area contributed by atoms with Gasteiger partial charge in [0, 0.05) is 43.5 Å². The Morgan fingerprint density at radius 1 is 1.20 bits per heavy atom. The number of amides is 4. The number of nitrogens with zero attached hydrogens (tertiary/aromatic N) is 5. The van der Waals surface area contributed by atoms with Crippen LogP contribution in [0, 0.1) is 0 Å². The molecule has 0 bridgehead atoms. The molecule has 2 fully saturated rings. The van der Waals surface area contributed by atoms with E-state index < -0.39 is 81.3 Å². The van der Waals surface area contributed by atoms with Crippen LogP contribution in [0.5, 0.6) is 11.5 Å². The Kier molecular flexibility index (Phi) is 11.8. The number of phenols is 2. The molecule has 5 rings (SSSR count). The van der Waals surface area contributed by atoms with E-state index in [4.69, 9.17) is 26.7 Å². The summed E-state index contributed by atoms with van der Waals surface area (Å²) in [6.07, 6.45) is 0.631. The number of aromatic nitrogens is 2. The number of aromatic hydroxyl groups is 2. The highest BCUT2D eigenvalue weighted by molar-refractivity contribution is 7.84. The van der Waals surface area contributed by atoms with Crippen LogP contribution in [0.25, 0.3) is 0 Å². The van der Waals surface area contributed by atoms with Crippen LogP contribution in [0.1, 0.15) is 58.5 Å². The molecule has 4 heterocycles. The maximum atomic E-state index is 13.3. The molecule has 0 radical (unpaired) electrons. The largest absolute Gasteiger partial charge is 0.504 e. The van der Waals surface area contributed by atoms with E-state index in [1.54, 1.807) is 0 Å². The number of nitrogens with two attached hydrogens (primary N) is 1. The summed E-state index contributed by atoms with van der Waals surface area (Å²) in [6.45, 7) is 3.48. The van der Waals surface area contributed by atoms with Crippen molar-refractivity contribution < 1.29 is 61.6 Å². The number of β-lactam (4-membered cyclic amide) rings is 1. The molecule has 2 aliphatic rings. The van der Waals surface area contributed by atoms with Crippen molar-refractivity contribution >= 4 is 73.7 Å². The van der Waals surface area contributed by atoms with Gasteiger partial charge in [0.1, 0.15) is 11.7 Å². The summed E-state index contributed by atoms with van der Waals surface area (Å²) in [4.78, 5) is 74.1. The second-order valence-electron chi connectivity index (χ2n) is 12.7. The first-order chi connectivity index (χ1) is 25.8. The quantitative estimate of drug-likeness (QED) is 0.0315. The van der Waals surface area contributed by atoms with Gasteiger partial charge in [0.2, 0.25) is 11.4 Å². The fourth-order valence-corrected chi connectivity index (χ4v) is 7.15. The summed E-state index contributed by atoms with van der Waals surface area (Å²) in [6, 6.07) is 0.648. The number of nitrogen functional groups attached to an aromatic ring is 1. The SMILES string of the molecule is CC(C)(O/N=C(\C(=O)NC1C(=O)N(S(=O)(=O)O)C1CNC(=O)c1cc(C2CCN(CCNC(=O)c3ccc(O)c(O)c3Cl)C2)no1)c1csc(N)n1)C(=O)O. The molecule has 55 heavy (non-hydrogen) atoms. The van der Waals surface area contributed by atoms with Crippen LogP contribution in [0.2, 0.25) is 5.02 Å². The maximum Gasteiger partial charge on any atom is 0.362 e. The Bertz CT molecular complexity index is 2160. The summed E-state index contributed by atoms with van der Waals surface area (Å²) in [5.74, 6) is -6.71. The van der Waals surface area contributed by atoms with Crippen LogP contribution in [0.4, 0.5) is 5.13 Å². The number of carbonyl (C=O) groups excluding carboxylic acids is 4. The molecule has 22 nitrogen and oxygen atoms in total. The number of likely N-dealkylation sites (tertiary alicyclic amines) is 1. The Hall–Kier alpha value is -5.56. The zero-order chi connectivity index (χ0) is 40.4. The Labute approximate surface area is 320 Å². The summed E-state index contributed by atoms with van der Waals surface area (Å²) in [5, 5.41) is 44.6. The van der Waals surface area contributed by atoms with Crippen molar-refractivity contribution in [3.63, 3.8) is 0 Å². The lowest BCUT2D eigenvalue weighted by atomic mass is 9.98. The number of hydrogen-bond acceptors (Lipinski definition) is 17. The van der Waals surface area contributed by atoms with Crippen LogP contribution in [0.15, 0.2) is 33.3 Å². The topological polar surface area (TPSA) is 330 Å². The van der Waals surface area contributed by atoms with E-state index in [2.05, 4.69) is 31.2 Å². The number of aliphatic carboxylic acids is 1. The molecule has 9 N–H and O–H groups in total. The van der Waals surface area contributed by atoms with Gasteiger partial charge in [-0.25, -0.2) is 14.1 Å². The van der Waals surface area contributed by atoms with Gasteiger partial charge in [-0.2, -0.15) is 8.42 Å². The molecule has 0 aliphatic carbocycles. The lowest BCUT2D eigenvalue weighted by Gasteiger charge is -2.44. The number of carboxylic acid groups (broad SMARTS) is 1.